The van der Waals surface area contributed by atoms with Gasteiger partial charge in [-0.1, -0.05) is 12.1 Å². The smallest absolute Gasteiger partial charge is 0.416 e. The van der Waals surface area contributed by atoms with E-state index in [-0.39, 0.29) is 23.8 Å². The molecular weight excluding hydrogens is 493 g/mol. The fourth-order valence-corrected chi connectivity index (χ4v) is 5.48. The Morgan fingerprint density at radius 2 is 1.73 bits per heavy atom. The molecule has 2 amide bonds. The molecule has 2 saturated heterocycles. The van der Waals surface area contributed by atoms with E-state index < -0.39 is 22.3 Å². The minimum Gasteiger partial charge on any atom is -0.436 e. The van der Waals surface area contributed by atoms with Gasteiger partial charge in [0.1, 0.15) is 11.8 Å². The molecule has 2 aromatic rings. The van der Waals surface area contributed by atoms with E-state index in [2.05, 4.69) is 9.88 Å². The van der Waals surface area contributed by atoms with E-state index >= 15 is 0 Å². The summed E-state index contributed by atoms with van der Waals surface area (Å²) in [4.78, 5) is 33.3. The van der Waals surface area contributed by atoms with Crippen molar-refractivity contribution < 1.29 is 27.6 Å². The summed E-state index contributed by atoms with van der Waals surface area (Å²) in [5.41, 5.74) is -0.316. The third-order valence-electron chi connectivity index (χ3n) is 7.43. The highest BCUT2D eigenvalue weighted by Crippen LogP contribution is 2.34. The molecule has 0 bridgehead atoms. The molecule has 0 saturated carbocycles. The van der Waals surface area contributed by atoms with E-state index in [1.165, 1.54) is 6.20 Å². The summed E-state index contributed by atoms with van der Waals surface area (Å²) in [5.74, 6) is -0.0842. The standard InChI is InChI=1S/C24H29F3N6O4/c1-23(16-32-14-20(33(35)36)28-21(32)37-23)15-29-10-12-31(13-11-29)22(34)30-8-6-18(7-9-30)17-2-4-19(5-3-17)24(25,26)27/h2-5,14,18H,6-13,15-16H2,1H3. The maximum absolute atomic E-state index is 13.1. The second kappa shape index (κ2) is 9.51. The van der Waals surface area contributed by atoms with Gasteiger partial charge in [0.15, 0.2) is 0 Å². The van der Waals surface area contributed by atoms with Gasteiger partial charge in [-0.05, 0) is 48.3 Å². The van der Waals surface area contributed by atoms with Crippen LogP contribution in [-0.4, -0.2) is 86.6 Å². The van der Waals surface area contributed by atoms with Crippen molar-refractivity contribution in [2.45, 2.75) is 44.0 Å². The van der Waals surface area contributed by atoms with Gasteiger partial charge >= 0.3 is 24.0 Å². The van der Waals surface area contributed by atoms with Crippen LogP contribution in [0.2, 0.25) is 0 Å². The second-order valence-electron chi connectivity index (χ2n) is 10.2. The van der Waals surface area contributed by atoms with Gasteiger partial charge in [0, 0.05) is 50.8 Å². The lowest BCUT2D eigenvalue weighted by Gasteiger charge is -2.41. The van der Waals surface area contributed by atoms with E-state index in [0.717, 1.165) is 30.5 Å². The molecule has 3 aliphatic heterocycles. The summed E-state index contributed by atoms with van der Waals surface area (Å²) in [7, 11) is 0. The van der Waals surface area contributed by atoms with Crippen LogP contribution in [0.3, 0.4) is 0 Å². The maximum atomic E-state index is 13.1. The fourth-order valence-electron chi connectivity index (χ4n) is 5.48. The van der Waals surface area contributed by atoms with Crippen molar-refractivity contribution in [2.24, 2.45) is 0 Å². The highest BCUT2D eigenvalue weighted by Gasteiger charge is 2.42. The number of aromatic nitrogens is 2. The number of carbonyl (C=O) groups excluding carboxylic acids is 1. The number of hydrogen-bond acceptors (Lipinski definition) is 6. The number of nitrogens with zero attached hydrogens (tertiary/aromatic N) is 6. The van der Waals surface area contributed by atoms with Gasteiger partial charge in [0.05, 0.1) is 12.1 Å². The number of alkyl halides is 3. The molecule has 3 aliphatic rings. The van der Waals surface area contributed by atoms with Crippen LogP contribution in [0, 0.1) is 10.1 Å². The number of carbonyl (C=O) groups is 1. The van der Waals surface area contributed by atoms with Gasteiger partial charge in [-0.3, -0.25) is 9.47 Å². The van der Waals surface area contributed by atoms with Crippen LogP contribution in [0.15, 0.2) is 30.5 Å². The number of hydrogen-bond donors (Lipinski definition) is 0. The Labute approximate surface area is 211 Å². The largest absolute Gasteiger partial charge is 0.436 e. The zero-order chi connectivity index (χ0) is 26.4. The molecule has 4 heterocycles. The third-order valence-corrected chi connectivity index (χ3v) is 7.43. The molecule has 1 aromatic heterocycles. The number of amides is 2. The Hall–Kier alpha value is -3.35. The summed E-state index contributed by atoms with van der Waals surface area (Å²) in [6, 6.07) is 5.60. The van der Waals surface area contributed by atoms with E-state index in [0.29, 0.717) is 52.4 Å². The molecular formula is C24H29F3N6O4. The third kappa shape index (κ3) is 5.36. The summed E-state index contributed by atoms with van der Waals surface area (Å²) >= 11 is 0. The van der Waals surface area contributed by atoms with Gasteiger partial charge in [-0.15, -0.1) is 0 Å². The van der Waals surface area contributed by atoms with E-state index in [9.17, 15) is 28.1 Å². The van der Waals surface area contributed by atoms with Crippen molar-refractivity contribution in [3.63, 3.8) is 0 Å². The number of imidazole rings is 1. The molecule has 10 nitrogen and oxygen atoms in total. The fraction of sp³-hybridized carbons (Fsp3) is 0.583. The molecule has 0 radical (unpaired) electrons. The van der Waals surface area contributed by atoms with Crippen molar-refractivity contribution in [3.05, 3.63) is 51.7 Å². The van der Waals surface area contributed by atoms with Crippen LogP contribution in [0.25, 0.3) is 0 Å². The molecule has 0 spiro atoms. The van der Waals surface area contributed by atoms with Crippen molar-refractivity contribution >= 4 is 11.8 Å². The zero-order valence-corrected chi connectivity index (χ0v) is 20.5. The molecule has 1 aromatic carbocycles. The van der Waals surface area contributed by atoms with Crippen LogP contribution in [0.1, 0.15) is 36.8 Å². The topological polar surface area (TPSA) is 97.0 Å². The Morgan fingerprint density at radius 3 is 2.30 bits per heavy atom. The number of piperazine rings is 1. The van der Waals surface area contributed by atoms with Gasteiger partial charge in [0.25, 0.3) is 0 Å². The van der Waals surface area contributed by atoms with E-state index in [1.54, 1.807) is 16.7 Å². The first kappa shape index (κ1) is 25.3. The van der Waals surface area contributed by atoms with Crippen LogP contribution < -0.4 is 4.74 Å². The average Bonchev–Trinajstić information content (AvgIpc) is 3.39. The Bertz CT molecular complexity index is 1130. The first-order valence-corrected chi connectivity index (χ1v) is 12.3. The monoisotopic (exact) mass is 522 g/mol. The zero-order valence-electron chi connectivity index (χ0n) is 20.5. The summed E-state index contributed by atoms with van der Waals surface area (Å²) in [6.45, 7) is 6.74. The van der Waals surface area contributed by atoms with Gasteiger partial charge < -0.3 is 24.7 Å². The van der Waals surface area contributed by atoms with Crippen LogP contribution in [-0.2, 0) is 12.7 Å². The minimum atomic E-state index is -4.34. The number of nitro groups is 1. The van der Waals surface area contributed by atoms with Crippen LogP contribution in [0.5, 0.6) is 6.01 Å². The van der Waals surface area contributed by atoms with E-state index in [4.69, 9.17) is 4.74 Å². The normalized spacial score (nSPS) is 23.1. The highest BCUT2D eigenvalue weighted by molar-refractivity contribution is 5.74. The Morgan fingerprint density at radius 1 is 1.11 bits per heavy atom. The van der Waals surface area contributed by atoms with Gasteiger partial charge in [0.2, 0.25) is 0 Å². The van der Waals surface area contributed by atoms with Crippen molar-refractivity contribution in [1.29, 1.82) is 0 Å². The van der Waals surface area contributed by atoms with Gasteiger partial charge in [-0.25, -0.2) is 4.79 Å². The molecule has 1 unspecified atom stereocenters. The lowest BCUT2D eigenvalue weighted by atomic mass is 9.89. The van der Waals surface area contributed by atoms with Crippen LogP contribution in [0.4, 0.5) is 23.8 Å². The SMILES string of the molecule is CC1(CN2CCN(C(=O)N3CCC(c4ccc(C(F)(F)F)cc4)CC3)CC2)Cn2cc([N+](=O)[O-])nc2O1. The predicted molar refractivity (Wildman–Crippen MR) is 126 cm³/mol. The number of likely N-dealkylation sites (tertiary alicyclic amines) is 1. The van der Waals surface area contributed by atoms with Crippen molar-refractivity contribution in [1.82, 2.24) is 24.3 Å². The number of fused-ring (bicyclic) bond motifs is 1. The lowest BCUT2D eigenvalue weighted by Crippen LogP contribution is -2.56. The maximum Gasteiger partial charge on any atom is 0.416 e. The van der Waals surface area contributed by atoms with Crippen molar-refractivity contribution in [3.8, 4) is 6.01 Å². The molecule has 2 fully saturated rings. The summed E-state index contributed by atoms with van der Waals surface area (Å²) in [6.07, 6.45) is -1.51. The first-order chi connectivity index (χ1) is 17.5. The molecule has 0 aliphatic carbocycles. The first-order valence-electron chi connectivity index (χ1n) is 12.3. The number of urea groups is 1. The summed E-state index contributed by atoms with van der Waals surface area (Å²) in [5, 5.41) is 10.9. The number of rotatable bonds is 4. The van der Waals surface area contributed by atoms with Crippen LogP contribution >= 0.6 is 0 Å². The lowest BCUT2D eigenvalue weighted by molar-refractivity contribution is -0.389. The molecule has 200 valence electrons. The predicted octanol–water partition coefficient (Wildman–Crippen LogP) is 3.58. The number of piperidine rings is 1. The molecule has 37 heavy (non-hydrogen) atoms. The van der Waals surface area contributed by atoms with Crippen molar-refractivity contribution in [2.75, 3.05) is 45.8 Å². The van der Waals surface area contributed by atoms with Gasteiger partial charge in [-0.2, -0.15) is 13.2 Å². The number of benzene rings is 1. The number of halogens is 3. The highest BCUT2D eigenvalue weighted by atomic mass is 19.4. The quantitative estimate of drug-likeness (QED) is 0.450. The Kier molecular flexibility index (Phi) is 6.50. The average molecular weight is 523 g/mol. The minimum absolute atomic E-state index is 0.00120. The molecule has 5 rings (SSSR count). The van der Waals surface area contributed by atoms with E-state index in [1.807, 2.05) is 16.7 Å². The second-order valence-corrected chi connectivity index (χ2v) is 10.2. The molecule has 0 N–H and O–H groups in total. The number of ether oxygens (including phenoxy) is 1. The molecule has 13 heteroatoms. The Balaban J connectivity index is 1.07. The summed E-state index contributed by atoms with van der Waals surface area (Å²) < 4.78 is 46.1. The molecule has 1 atom stereocenters.